The number of halogens is 1. The molecule has 1 aromatic carbocycles. The molecule has 1 heteroatoms. The highest BCUT2D eigenvalue weighted by molar-refractivity contribution is 5.15. The lowest BCUT2D eigenvalue weighted by atomic mass is 9.88. The molecule has 12 heavy (non-hydrogen) atoms. The van der Waals surface area contributed by atoms with E-state index in [9.17, 15) is 4.39 Å². The van der Waals surface area contributed by atoms with Gasteiger partial charge >= 0.3 is 0 Å². The van der Waals surface area contributed by atoms with Crippen LogP contribution in [0, 0.1) is 17.3 Å². The van der Waals surface area contributed by atoms with Crippen LogP contribution in [0.2, 0.25) is 0 Å². The van der Waals surface area contributed by atoms with Crippen LogP contribution in [0.1, 0.15) is 26.3 Å². The minimum atomic E-state index is -0.173. The van der Waals surface area contributed by atoms with Gasteiger partial charge in [0.2, 0.25) is 0 Å². The second-order valence-electron chi connectivity index (χ2n) is 4.27. The third-order valence-corrected chi connectivity index (χ3v) is 1.54. The predicted molar refractivity (Wildman–Crippen MR) is 48.4 cm³/mol. The highest BCUT2D eigenvalue weighted by Crippen LogP contribution is 2.20. The molecular weight excluding hydrogens is 151 g/mol. The van der Waals surface area contributed by atoms with Crippen LogP contribution in [-0.4, -0.2) is 0 Å². The van der Waals surface area contributed by atoms with Crippen LogP contribution >= 0.6 is 0 Å². The Morgan fingerprint density at radius 3 is 2.58 bits per heavy atom. The van der Waals surface area contributed by atoms with Crippen LogP contribution in [0.4, 0.5) is 4.39 Å². The van der Waals surface area contributed by atoms with Crippen LogP contribution in [0.15, 0.2) is 18.2 Å². The van der Waals surface area contributed by atoms with E-state index in [2.05, 4.69) is 26.8 Å². The minimum absolute atomic E-state index is 0.173. The number of rotatable bonds is 1. The molecule has 1 aromatic rings. The summed E-state index contributed by atoms with van der Waals surface area (Å²) in [5.41, 5.74) is 1.15. The first-order valence-corrected chi connectivity index (χ1v) is 4.13. The maximum Gasteiger partial charge on any atom is 0.123 e. The van der Waals surface area contributed by atoms with Crippen LogP contribution in [0.25, 0.3) is 0 Å². The van der Waals surface area contributed by atoms with Gasteiger partial charge in [0.15, 0.2) is 0 Å². The van der Waals surface area contributed by atoms with E-state index in [0.29, 0.717) is 0 Å². The summed E-state index contributed by atoms with van der Waals surface area (Å²) in [5, 5.41) is 0. The second-order valence-corrected chi connectivity index (χ2v) is 4.27. The fourth-order valence-electron chi connectivity index (χ4n) is 1.16. The van der Waals surface area contributed by atoms with E-state index in [4.69, 9.17) is 0 Å². The molecule has 0 amide bonds. The molecule has 0 saturated heterocycles. The molecule has 0 atom stereocenters. The van der Waals surface area contributed by atoms with E-state index in [1.807, 2.05) is 0 Å². The molecule has 65 valence electrons. The Balaban J connectivity index is 2.77. The van der Waals surface area contributed by atoms with E-state index in [-0.39, 0.29) is 11.2 Å². The molecule has 0 nitrogen and oxygen atoms in total. The van der Waals surface area contributed by atoms with Crippen molar-refractivity contribution in [1.82, 2.24) is 0 Å². The van der Waals surface area contributed by atoms with E-state index in [1.54, 1.807) is 12.1 Å². The van der Waals surface area contributed by atoms with Crippen molar-refractivity contribution in [3.63, 3.8) is 0 Å². The van der Waals surface area contributed by atoms with Gasteiger partial charge in [0.25, 0.3) is 0 Å². The quantitative estimate of drug-likeness (QED) is 0.599. The Hall–Kier alpha value is -0.850. The lowest BCUT2D eigenvalue weighted by Crippen LogP contribution is -2.09. The molecular formula is C11H14F. The normalized spacial score (nSPS) is 11.7. The largest absolute Gasteiger partial charge is 0.207 e. The molecule has 0 spiro atoms. The SMILES string of the molecule is CC(C)(C)Cc1[c]ccc(F)c1. The topological polar surface area (TPSA) is 0 Å². The van der Waals surface area contributed by atoms with Crippen LogP contribution in [0.3, 0.4) is 0 Å². The molecule has 0 aromatic heterocycles. The van der Waals surface area contributed by atoms with Gasteiger partial charge in [0, 0.05) is 0 Å². The fraction of sp³-hybridized carbons (Fsp3) is 0.455. The molecule has 1 radical (unpaired) electrons. The van der Waals surface area contributed by atoms with Gasteiger partial charge in [-0.1, -0.05) is 26.8 Å². The summed E-state index contributed by atoms with van der Waals surface area (Å²) in [5.74, 6) is -0.173. The summed E-state index contributed by atoms with van der Waals surface area (Å²) in [6.45, 7) is 6.39. The Morgan fingerprint density at radius 1 is 1.42 bits per heavy atom. The lowest BCUT2D eigenvalue weighted by Gasteiger charge is -2.17. The number of benzene rings is 1. The van der Waals surface area contributed by atoms with Crippen molar-refractivity contribution in [3.05, 3.63) is 35.6 Å². The summed E-state index contributed by atoms with van der Waals surface area (Å²) in [4.78, 5) is 0. The maximum absolute atomic E-state index is 12.7. The zero-order valence-corrected chi connectivity index (χ0v) is 7.82. The van der Waals surface area contributed by atoms with Crippen molar-refractivity contribution in [2.24, 2.45) is 5.41 Å². The lowest BCUT2D eigenvalue weighted by molar-refractivity contribution is 0.410. The highest BCUT2D eigenvalue weighted by Gasteiger charge is 2.11. The fourth-order valence-corrected chi connectivity index (χ4v) is 1.16. The van der Waals surface area contributed by atoms with Gasteiger partial charge in [-0.05, 0) is 35.6 Å². The third kappa shape index (κ3) is 3.04. The first-order chi connectivity index (χ1) is 5.47. The first kappa shape index (κ1) is 9.24. The maximum atomic E-state index is 12.7. The molecule has 1 rings (SSSR count). The molecule has 0 N–H and O–H groups in total. The predicted octanol–water partition coefficient (Wildman–Crippen LogP) is 3.21. The monoisotopic (exact) mass is 165 g/mol. The summed E-state index contributed by atoms with van der Waals surface area (Å²) in [6.07, 6.45) is 0.866. The smallest absolute Gasteiger partial charge is 0.123 e. The first-order valence-electron chi connectivity index (χ1n) is 4.13. The second kappa shape index (κ2) is 3.26. The van der Waals surface area contributed by atoms with E-state index in [1.165, 1.54) is 6.07 Å². The van der Waals surface area contributed by atoms with Gasteiger partial charge in [-0.25, -0.2) is 4.39 Å². The Bertz CT molecular complexity index is 258. The van der Waals surface area contributed by atoms with Crippen molar-refractivity contribution < 1.29 is 4.39 Å². The molecule has 0 saturated carbocycles. The van der Waals surface area contributed by atoms with Crippen molar-refractivity contribution in [1.29, 1.82) is 0 Å². The zero-order chi connectivity index (χ0) is 9.19. The summed E-state index contributed by atoms with van der Waals surface area (Å²) in [6, 6.07) is 7.63. The zero-order valence-electron chi connectivity index (χ0n) is 7.82. The summed E-state index contributed by atoms with van der Waals surface area (Å²) in [7, 11) is 0. The van der Waals surface area contributed by atoms with Crippen molar-refractivity contribution in [2.45, 2.75) is 27.2 Å². The van der Waals surface area contributed by atoms with Crippen molar-refractivity contribution in [3.8, 4) is 0 Å². The van der Waals surface area contributed by atoms with E-state index in [0.717, 1.165) is 12.0 Å². The van der Waals surface area contributed by atoms with Gasteiger partial charge in [-0.3, -0.25) is 0 Å². The number of hydrogen-bond acceptors (Lipinski definition) is 0. The Kier molecular flexibility index (Phi) is 2.51. The van der Waals surface area contributed by atoms with Crippen molar-refractivity contribution in [2.75, 3.05) is 0 Å². The third-order valence-electron chi connectivity index (χ3n) is 1.54. The summed E-state index contributed by atoms with van der Waals surface area (Å²) < 4.78 is 12.7. The Labute approximate surface area is 73.4 Å². The molecule has 0 bridgehead atoms. The molecule has 0 unspecified atom stereocenters. The van der Waals surface area contributed by atoms with E-state index < -0.39 is 0 Å². The Morgan fingerprint density at radius 2 is 2.08 bits per heavy atom. The standard InChI is InChI=1S/C11H14F/c1-11(2,3)8-9-5-4-6-10(12)7-9/h4,6-7H,8H2,1-3H3. The highest BCUT2D eigenvalue weighted by atomic mass is 19.1. The average Bonchev–Trinajstić information content (AvgIpc) is 1.82. The van der Waals surface area contributed by atoms with Crippen LogP contribution in [-0.2, 0) is 6.42 Å². The van der Waals surface area contributed by atoms with Gasteiger partial charge < -0.3 is 0 Å². The number of hydrogen-bond donors (Lipinski definition) is 0. The van der Waals surface area contributed by atoms with Crippen LogP contribution < -0.4 is 0 Å². The van der Waals surface area contributed by atoms with Gasteiger partial charge in [-0.15, -0.1) is 0 Å². The van der Waals surface area contributed by atoms with Gasteiger partial charge in [0.05, 0.1) is 0 Å². The van der Waals surface area contributed by atoms with Gasteiger partial charge in [-0.2, -0.15) is 0 Å². The molecule has 0 fully saturated rings. The van der Waals surface area contributed by atoms with E-state index >= 15 is 0 Å². The van der Waals surface area contributed by atoms with Gasteiger partial charge in [0.1, 0.15) is 5.82 Å². The minimum Gasteiger partial charge on any atom is -0.207 e. The molecule has 0 aliphatic rings. The van der Waals surface area contributed by atoms with Crippen LogP contribution in [0.5, 0.6) is 0 Å². The molecule has 0 heterocycles. The summed E-state index contributed by atoms with van der Waals surface area (Å²) >= 11 is 0. The molecule has 0 aliphatic carbocycles. The average molecular weight is 165 g/mol. The van der Waals surface area contributed by atoms with Crippen molar-refractivity contribution >= 4 is 0 Å². The molecule has 0 aliphatic heterocycles.